The van der Waals surface area contributed by atoms with Gasteiger partial charge >= 0.3 is 12.1 Å². The Hall–Kier alpha value is -2.37. The molecule has 6 heteroatoms. The van der Waals surface area contributed by atoms with Gasteiger partial charge in [-0.15, -0.1) is 0 Å². The summed E-state index contributed by atoms with van der Waals surface area (Å²) in [5.74, 6) is -0.839. The molecule has 0 aromatic heterocycles. The Morgan fingerprint density at radius 1 is 1.17 bits per heavy atom. The number of hydrogen-bond donors (Lipinski definition) is 0. The van der Waals surface area contributed by atoms with Crippen LogP contribution in [0.25, 0.3) is 0 Å². The van der Waals surface area contributed by atoms with E-state index in [1.54, 1.807) is 51.1 Å². The fourth-order valence-electron chi connectivity index (χ4n) is 2.49. The van der Waals surface area contributed by atoms with Crippen molar-refractivity contribution in [3.8, 4) is 0 Å². The van der Waals surface area contributed by atoms with E-state index >= 15 is 0 Å². The Bertz CT molecular complexity index is 606. The van der Waals surface area contributed by atoms with Gasteiger partial charge in [0, 0.05) is 12.1 Å². The number of likely N-dealkylation sites (tertiary alicyclic amines) is 1. The molecule has 0 saturated carbocycles. The van der Waals surface area contributed by atoms with E-state index < -0.39 is 23.7 Å². The summed E-state index contributed by atoms with van der Waals surface area (Å²) in [6.45, 7) is 5.43. The average molecular weight is 333 g/mol. The highest BCUT2D eigenvalue weighted by Gasteiger charge is 2.37. The molecule has 1 aromatic carbocycles. The van der Waals surface area contributed by atoms with Gasteiger partial charge in [-0.2, -0.15) is 0 Å². The van der Waals surface area contributed by atoms with Crippen LogP contribution in [0.4, 0.5) is 4.79 Å². The monoisotopic (exact) mass is 333 g/mol. The molecule has 1 saturated heterocycles. The number of esters is 1. The second-order valence-corrected chi connectivity index (χ2v) is 6.73. The topological polar surface area (TPSA) is 72.9 Å². The highest BCUT2D eigenvalue weighted by atomic mass is 16.6. The number of hydrogen-bond acceptors (Lipinski definition) is 5. The molecule has 2 rings (SSSR count). The molecule has 0 bridgehead atoms. The minimum atomic E-state index is -0.691. The van der Waals surface area contributed by atoms with Crippen LogP contribution >= 0.6 is 0 Å². The van der Waals surface area contributed by atoms with E-state index in [1.807, 2.05) is 0 Å². The molecule has 1 amide bonds. The van der Waals surface area contributed by atoms with Crippen molar-refractivity contribution in [3.63, 3.8) is 0 Å². The molecular formula is C18H23NO5. The highest BCUT2D eigenvalue weighted by Crippen LogP contribution is 2.21. The molecule has 1 fully saturated rings. The van der Waals surface area contributed by atoms with Crippen molar-refractivity contribution < 1.29 is 23.9 Å². The molecule has 0 aliphatic carbocycles. The number of carbonyl (C=O) groups is 3. The molecule has 1 heterocycles. The molecule has 6 nitrogen and oxygen atoms in total. The summed E-state index contributed by atoms with van der Waals surface area (Å²) in [5, 5.41) is 0. The molecule has 0 spiro atoms. The first-order valence-corrected chi connectivity index (χ1v) is 8.02. The van der Waals surface area contributed by atoms with Gasteiger partial charge < -0.3 is 9.47 Å². The van der Waals surface area contributed by atoms with Gasteiger partial charge in [-0.3, -0.25) is 9.69 Å². The summed E-state index contributed by atoms with van der Waals surface area (Å²) < 4.78 is 10.4. The lowest BCUT2D eigenvalue weighted by molar-refractivity contribution is -0.147. The Morgan fingerprint density at radius 2 is 1.83 bits per heavy atom. The van der Waals surface area contributed by atoms with Crippen molar-refractivity contribution in [1.29, 1.82) is 0 Å². The predicted octanol–water partition coefficient (Wildman–Crippen LogP) is 2.81. The van der Waals surface area contributed by atoms with Crippen molar-refractivity contribution in [2.75, 3.05) is 13.2 Å². The molecule has 1 aliphatic heterocycles. The maximum absolute atomic E-state index is 12.2. The van der Waals surface area contributed by atoms with Crippen molar-refractivity contribution in [2.24, 2.45) is 0 Å². The minimum absolute atomic E-state index is 0.272. The number of amides is 1. The number of rotatable bonds is 4. The summed E-state index contributed by atoms with van der Waals surface area (Å²) >= 11 is 0. The second kappa shape index (κ2) is 7.47. The summed E-state index contributed by atoms with van der Waals surface area (Å²) in [6.07, 6.45) is 0.680. The molecule has 130 valence electrons. The van der Waals surface area contributed by atoms with Gasteiger partial charge in [0.05, 0.1) is 0 Å². The second-order valence-electron chi connectivity index (χ2n) is 6.73. The number of ketones is 1. The fourth-order valence-corrected chi connectivity index (χ4v) is 2.49. The maximum atomic E-state index is 12.2. The number of carbonyl (C=O) groups excluding carboxylic acids is 3. The van der Waals surface area contributed by atoms with Crippen molar-refractivity contribution in [2.45, 2.75) is 45.3 Å². The zero-order valence-corrected chi connectivity index (χ0v) is 14.3. The summed E-state index contributed by atoms with van der Waals surface area (Å²) in [5.41, 5.74) is -0.141. The first kappa shape index (κ1) is 18.0. The van der Waals surface area contributed by atoms with E-state index in [1.165, 1.54) is 4.90 Å². The van der Waals surface area contributed by atoms with Crippen LogP contribution in [0, 0.1) is 0 Å². The van der Waals surface area contributed by atoms with Crippen LogP contribution < -0.4 is 0 Å². The van der Waals surface area contributed by atoms with Gasteiger partial charge in [0.2, 0.25) is 0 Å². The van der Waals surface area contributed by atoms with E-state index in [-0.39, 0.29) is 12.4 Å². The Kier molecular flexibility index (Phi) is 5.59. The number of benzene rings is 1. The first-order chi connectivity index (χ1) is 11.3. The van der Waals surface area contributed by atoms with Crippen molar-refractivity contribution >= 4 is 17.8 Å². The van der Waals surface area contributed by atoms with Crippen LogP contribution in [0.2, 0.25) is 0 Å². The summed E-state index contributed by atoms with van der Waals surface area (Å²) in [6, 6.07) is 7.94. The average Bonchev–Trinajstić information content (AvgIpc) is 3.01. The first-order valence-electron chi connectivity index (χ1n) is 8.02. The standard InChI is InChI=1S/C18H23NO5/c1-18(2,3)24-17(22)19-11-7-10-14(19)16(21)23-12-15(20)13-8-5-4-6-9-13/h4-6,8-9,14H,7,10-12H2,1-3H3. The molecule has 1 aliphatic rings. The van der Waals surface area contributed by atoms with Crippen LogP contribution in [-0.4, -0.2) is 47.5 Å². The zero-order chi connectivity index (χ0) is 17.7. The SMILES string of the molecule is CC(C)(C)OC(=O)N1CCCC1C(=O)OCC(=O)c1ccccc1. The molecule has 24 heavy (non-hydrogen) atoms. The third-order valence-electron chi connectivity index (χ3n) is 3.59. The van der Waals surface area contributed by atoms with Crippen LogP contribution in [0.3, 0.4) is 0 Å². The maximum Gasteiger partial charge on any atom is 0.411 e. The van der Waals surface area contributed by atoms with Crippen LogP contribution in [0.15, 0.2) is 30.3 Å². The van der Waals surface area contributed by atoms with Crippen molar-refractivity contribution in [3.05, 3.63) is 35.9 Å². The Balaban J connectivity index is 1.91. The third-order valence-corrected chi connectivity index (χ3v) is 3.59. The Morgan fingerprint density at radius 3 is 2.46 bits per heavy atom. The molecule has 1 aromatic rings. The molecule has 1 atom stereocenters. The highest BCUT2D eigenvalue weighted by molar-refractivity contribution is 5.98. The van der Waals surface area contributed by atoms with Gasteiger partial charge in [-0.1, -0.05) is 30.3 Å². The summed E-state index contributed by atoms with van der Waals surface area (Å²) in [7, 11) is 0. The zero-order valence-electron chi connectivity index (χ0n) is 14.3. The Labute approximate surface area is 141 Å². The molecule has 0 N–H and O–H groups in total. The lowest BCUT2D eigenvalue weighted by Gasteiger charge is -2.27. The van der Waals surface area contributed by atoms with E-state index in [9.17, 15) is 14.4 Å². The molecule has 0 radical (unpaired) electrons. The minimum Gasteiger partial charge on any atom is -0.456 e. The van der Waals surface area contributed by atoms with Crippen molar-refractivity contribution in [1.82, 2.24) is 4.90 Å². The molecular weight excluding hydrogens is 310 g/mol. The van der Waals surface area contributed by atoms with E-state index in [0.29, 0.717) is 24.9 Å². The number of ether oxygens (including phenoxy) is 2. The summed E-state index contributed by atoms with van der Waals surface area (Å²) in [4.78, 5) is 37.8. The largest absolute Gasteiger partial charge is 0.456 e. The lowest BCUT2D eigenvalue weighted by Crippen LogP contribution is -2.44. The van der Waals surface area contributed by atoms with E-state index in [0.717, 1.165) is 0 Å². The third kappa shape index (κ3) is 4.81. The van der Waals surface area contributed by atoms with Crippen LogP contribution in [-0.2, 0) is 14.3 Å². The van der Waals surface area contributed by atoms with Gasteiger partial charge in [0.1, 0.15) is 11.6 Å². The number of nitrogens with zero attached hydrogens (tertiary/aromatic N) is 1. The van der Waals surface area contributed by atoms with Crippen LogP contribution in [0.5, 0.6) is 0 Å². The lowest BCUT2D eigenvalue weighted by atomic mass is 10.1. The van der Waals surface area contributed by atoms with Gasteiger partial charge in [0.25, 0.3) is 0 Å². The van der Waals surface area contributed by atoms with E-state index in [2.05, 4.69) is 0 Å². The number of Topliss-reactive ketones (excluding diaryl/α,β-unsaturated/α-hetero) is 1. The van der Waals surface area contributed by atoms with Gasteiger partial charge in [0.15, 0.2) is 12.4 Å². The smallest absolute Gasteiger partial charge is 0.411 e. The molecule has 1 unspecified atom stereocenters. The van der Waals surface area contributed by atoms with Crippen LogP contribution in [0.1, 0.15) is 44.0 Å². The van der Waals surface area contributed by atoms with Gasteiger partial charge in [-0.25, -0.2) is 9.59 Å². The quantitative estimate of drug-likeness (QED) is 0.626. The van der Waals surface area contributed by atoms with E-state index in [4.69, 9.17) is 9.47 Å². The predicted molar refractivity (Wildman–Crippen MR) is 87.7 cm³/mol. The van der Waals surface area contributed by atoms with Gasteiger partial charge in [-0.05, 0) is 33.6 Å². The normalized spacial score (nSPS) is 17.5. The fraction of sp³-hybridized carbons (Fsp3) is 0.500.